The van der Waals surface area contributed by atoms with E-state index in [4.69, 9.17) is 5.26 Å². The molecule has 0 heterocycles. The van der Waals surface area contributed by atoms with Gasteiger partial charge in [-0.05, 0) is 52.2 Å². The monoisotopic (exact) mass is 318 g/mol. The molecule has 2 aromatic carbocycles. The Bertz CT molecular complexity index is 647. The van der Waals surface area contributed by atoms with Gasteiger partial charge in [-0.25, -0.2) is 4.39 Å². The van der Waals surface area contributed by atoms with Crippen molar-refractivity contribution in [3.63, 3.8) is 0 Å². The van der Waals surface area contributed by atoms with Crippen LogP contribution in [0.2, 0.25) is 0 Å². The Hall–Kier alpha value is -1.86. The highest BCUT2D eigenvalue weighted by molar-refractivity contribution is 9.10. The zero-order valence-electron chi connectivity index (χ0n) is 10.4. The van der Waals surface area contributed by atoms with Gasteiger partial charge in [0.2, 0.25) is 0 Å². The Kier molecular flexibility index (Phi) is 4.18. The summed E-state index contributed by atoms with van der Waals surface area (Å²) in [5.74, 6) is -0.483. The molecule has 2 nitrogen and oxygen atoms in total. The second-order valence-electron chi connectivity index (χ2n) is 4.22. The highest BCUT2D eigenvalue weighted by Gasteiger charge is 2.04. The number of aryl methyl sites for hydroxylation is 1. The largest absolute Gasteiger partial charge is 0.380 e. The average molecular weight is 319 g/mol. The van der Waals surface area contributed by atoms with Crippen LogP contribution in [0.15, 0.2) is 40.9 Å². The third-order valence-electron chi connectivity index (χ3n) is 2.83. The zero-order valence-corrected chi connectivity index (χ0v) is 12.0. The van der Waals surface area contributed by atoms with Gasteiger partial charge in [-0.3, -0.25) is 0 Å². The van der Waals surface area contributed by atoms with Crippen LogP contribution < -0.4 is 5.32 Å². The molecule has 0 aliphatic heterocycles. The number of hydrogen-bond acceptors (Lipinski definition) is 2. The molecule has 0 aromatic heterocycles. The Labute approximate surface area is 120 Å². The van der Waals surface area contributed by atoms with Gasteiger partial charge in [0.25, 0.3) is 0 Å². The predicted octanol–water partition coefficient (Wildman–Crippen LogP) is 4.38. The van der Waals surface area contributed by atoms with E-state index in [9.17, 15) is 4.39 Å². The zero-order chi connectivity index (χ0) is 13.8. The number of halogens is 2. The number of nitrogens with one attached hydrogen (secondary N) is 1. The van der Waals surface area contributed by atoms with Gasteiger partial charge >= 0.3 is 0 Å². The van der Waals surface area contributed by atoms with Gasteiger partial charge in [0.15, 0.2) is 0 Å². The van der Waals surface area contributed by atoms with Crippen LogP contribution in [-0.2, 0) is 6.54 Å². The van der Waals surface area contributed by atoms with E-state index in [-0.39, 0.29) is 5.56 Å². The molecule has 0 saturated carbocycles. The average Bonchev–Trinajstić information content (AvgIpc) is 2.42. The summed E-state index contributed by atoms with van der Waals surface area (Å²) in [5, 5.41) is 12.1. The molecule has 0 radical (unpaired) electrons. The summed E-state index contributed by atoms with van der Waals surface area (Å²) in [6.07, 6.45) is 0. The van der Waals surface area contributed by atoms with Crippen LogP contribution in [0.1, 0.15) is 16.7 Å². The van der Waals surface area contributed by atoms with Crippen molar-refractivity contribution in [3.05, 3.63) is 63.4 Å². The molecule has 0 aliphatic rings. The summed E-state index contributed by atoms with van der Waals surface area (Å²) in [6.45, 7) is 2.55. The lowest BCUT2D eigenvalue weighted by Gasteiger charge is -2.10. The van der Waals surface area contributed by atoms with Crippen LogP contribution in [0.5, 0.6) is 0 Å². The molecule has 2 rings (SSSR count). The fourth-order valence-electron chi connectivity index (χ4n) is 1.75. The lowest BCUT2D eigenvalue weighted by molar-refractivity contribution is 0.623. The molecule has 0 bridgehead atoms. The molecule has 2 aromatic rings. The number of nitriles is 1. The molecule has 0 spiro atoms. The maximum absolute atomic E-state index is 13.2. The third kappa shape index (κ3) is 3.12. The molecule has 0 aliphatic carbocycles. The van der Waals surface area contributed by atoms with Gasteiger partial charge in [0.1, 0.15) is 11.9 Å². The van der Waals surface area contributed by atoms with Gasteiger partial charge in [0.05, 0.1) is 5.56 Å². The number of rotatable bonds is 3. The van der Waals surface area contributed by atoms with Crippen LogP contribution in [0.4, 0.5) is 10.1 Å². The second-order valence-corrected chi connectivity index (χ2v) is 5.01. The number of hydrogen-bond donors (Lipinski definition) is 1. The molecule has 0 atom stereocenters. The summed E-state index contributed by atoms with van der Waals surface area (Å²) in [6, 6.07) is 12.3. The van der Waals surface area contributed by atoms with Gasteiger partial charge in [0, 0.05) is 16.7 Å². The fourth-order valence-corrected chi connectivity index (χ4v) is 2.15. The number of anilines is 1. The smallest absolute Gasteiger partial charge is 0.140 e. The van der Waals surface area contributed by atoms with Gasteiger partial charge in [-0.1, -0.05) is 18.2 Å². The van der Waals surface area contributed by atoms with Crippen molar-refractivity contribution in [1.29, 1.82) is 5.26 Å². The van der Waals surface area contributed by atoms with E-state index in [1.54, 1.807) is 12.1 Å². The van der Waals surface area contributed by atoms with Crippen molar-refractivity contribution in [1.82, 2.24) is 0 Å². The van der Waals surface area contributed by atoms with E-state index in [0.717, 1.165) is 21.3 Å². The molecular weight excluding hydrogens is 307 g/mol. The van der Waals surface area contributed by atoms with Gasteiger partial charge in [-0.15, -0.1) is 0 Å². The van der Waals surface area contributed by atoms with Gasteiger partial charge < -0.3 is 5.32 Å². The van der Waals surface area contributed by atoms with E-state index < -0.39 is 5.82 Å². The van der Waals surface area contributed by atoms with Gasteiger partial charge in [-0.2, -0.15) is 5.26 Å². The minimum absolute atomic E-state index is 0.0719. The summed E-state index contributed by atoms with van der Waals surface area (Å²) in [5.41, 5.74) is 3.05. The van der Waals surface area contributed by atoms with Crippen molar-refractivity contribution < 1.29 is 4.39 Å². The third-order valence-corrected chi connectivity index (χ3v) is 3.88. The molecule has 0 saturated heterocycles. The summed E-state index contributed by atoms with van der Waals surface area (Å²) in [4.78, 5) is 0. The maximum atomic E-state index is 13.2. The minimum Gasteiger partial charge on any atom is -0.380 e. The van der Waals surface area contributed by atoms with Crippen LogP contribution in [0.25, 0.3) is 0 Å². The normalized spacial score (nSPS) is 10.0. The lowest BCUT2D eigenvalue weighted by atomic mass is 10.1. The van der Waals surface area contributed by atoms with E-state index in [1.807, 2.05) is 31.2 Å². The van der Waals surface area contributed by atoms with Crippen LogP contribution >= 0.6 is 15.9 Å². The fraction of sp³-hybridized carbons (Fsp3) is 0.133. The lowest BCUT2D eigenvalue weighted by Crippen LogP contribution is -2.01. The molecule has 19 heavy (non-hydrogen) atoms. The molecule has 1 N–H and O–H groups in total. The first-order valence-corrected chi connectivity index (χ1v) is 6.58. The van der Waals surface area contributed by atoms with Crippen LogP contribution in [0.3, 0.4) is 0 Å². The molecular formula is C15H12BrFN2. The molecule has 0 fully saturated rings. The second kappa shape index (κ2) is 5.85. The molecule has 96 valence electrons. The van der Waals surface area contributed by atoms with Crippen molar-refractivity contribution in [2.75, 3.05) is 5.32 Å². The summed E-state index contributed by atoms with van der Waals surface area (Å²) < 4.78 is 14.2. The minimum atomic E-state index is -0.483. The maximum Gasteiger partial charge on any atom is 0.140 e. The Morgan fingerprint density at radius 2 is 2.11 bits per heavy atom. The quantitative estimate of drug-likeness (QED) is 0.911. The van der Waals surface area contributed by atoms with E-state index >= 15 is 0 Å². The predicted molar refractivity (Wildman–Crippen MR) is 77.3 cm³/mol. The molecule has 0 amide bonds. The first-order valence-electron chi connectivity index (χ1n) is 5.79. The SMILES string of the molecule is Cc1cccc(NCc2ccc(F)c(C#N)c2)c1Br. The number of benzene rings is 2. The Morgan fingerprint density at radius 3 is 2.84 bits per heavy atom. The highest BCUT2D eigenvalue weighted by atomic mass is 79.9. The first-order chi connectivity index (χ1) is 9.11. The Balaban J connectivity index is 2.15. The highest BCUT2D eigenvalue weighted by Crippen LogP contribution is 2.26. The number of nitrogens with zero attached hydrogens (tertiary/aromatic N) is 1. The Morgan fingerprint density at radius 1 is 1.32 bits per heavy atom. The summed E-state index contributed by atoms with van der Waals surface area (Å²) in [7, 11) is 0. The van der Waals surface area contributed by atoms with Crippen LogP contribution in [-0.4, -0.2) is 0 Å². The molecule has 0 unspecified atom stereocenters. The first kappa shape index (κ1) is 13.6. The van der Waals surface area contributed by atoms with Crippen molar-refractivity contribution in [3.8, 4) is 6.07 Å². The van der Waals surface area contributed by atoms with Crippen molar-refractivity contribution in [2.24, 2.45) is 0 Å². The van der Waals surface area contributed by atoms with Crippen molar-refractivity contribution >= 4 is 21.6 Å². The topological polar surface area (TPSA) is 35.8 Å². The van der Waals surface area contributed by atoms with Crippen LogP contribution in [0, 0.1) is 24.1 Å². The standard InChI is InChI=1S/C15H12BrFN2/c1-10-3-2-4-14(15(10)16)19-9-11-5-6-13(17)12(7-11)8-18/h2-7,19H,9H2,1H3. The molecule has 4 heteroatoms. The van der Waals surface area contributed by atoms with E-state index in [2.05, 4.69) is 21.2 Å². The van der Waals surface area contributed by atoms with E-state index in [0.29, 0.717) is 6.54 Å². The van der Waals surface area contributed by atoms with E-state index in [1.165, 1.54) is 6.07 Å². The van der Waals surface area contributed by atoms with Crippen molar-refractivity contribution in [2.45, 2.75) is 13.5 Å². The summed E-state index contributed by atoms with van der Waals surface area (Å²) >= 11 is 3.52.